The van der Waals surface area contributed by atoms with Crippen LogP contribution in [-0.4, -0.2) is 18.5 Å². The molecule has 19 heavy (non-hydrogen) atoms. The van der Waals surface area contributed by atoms with Crippen LogP contribution in [0.15, 0.2) is 12.1 Å². The number of hydrogen-bond donors (Lipinski definition) is 2. The van der Waals surface area contributed by atoms with E-state index in [-0.39, 0.29) is 17.0 Å². The van der Waals surface area contributed by atoms with Crippen LogP contribution in [0.4, 0.5) is 4.39 Å². The Labute approximate surface area is 122 Å². The van der Waals surface area contributed by atoms with Gasteiger partial charge in [0.15, 0.2) is 0 Å². The molecule has 3 nitrogen and oxygen atoms in total. The second kappa shape index (κ2) is 7.08. The van der Waals surface area contributed by atoms with E-state index in [1.54, 1.807) is 13.8 Å². The molecule has 1 rings (SSSR count). The number of rotatable bonds is 5. The molecule has 0 saturated carbocycles. The van der Waals surface area contributed by atoms with E-state index in [2.05, 4.69) is 10.6 Å². The second-order valence-corrected chi connectivity index (χ2v) is 5.05. The third kappa shape index (κ3) is 4.06. The smallest absolute Gasteiger partial charge is 0.236 e. The van der Waals surface area contributed by atoms with Crippen LogP contribution in [0.5, 0.6) is 0 Å². The molecule has 0 heterocycles. The van der Waals surface area contributed by atoms with Crippen LogP contribution in [0.2, 0.25) is 10.0 Å². The number of amides is 1. The van der Waals surface area contributed by atoms with Crippen molar-refractivity contribution in [3.63, 3.8) is 0 Å². The van der Waals surface area contributed by atoms with Gasteiger partial charge in [-0.25, -0.2) is 4.39 Å². The molecular formula is C13H17Cl2FN2O. The van der Waals surface area contributed by atoms with Gasteiger partial charge in [0.2, 0.25) is 5.91 Å². The molecule has 2 atom stereocenters. The molecule has 0 aliphatic carbocycles. The van der Waals surface area contributed by atoms with Gasteiger partial charge in [-0.2, -0.15) is 0 Å². The zero-order valence-corrected chi connectivity index (χ0v) is 12.6. The molecule has 106 valence electrons. The third-order valence-corrected chi connectivity index (χ3v) is 3.47. The lowest BCUT2D eigenvalue weighted by Gasteiger charge is -2.21. The van der Waals surface area contributed by atoms with Gasteiger partial charge >= 0.3 is 0 Å². The maximum absolute atomic E-state index is 13.4. The summed E-state index contributed by atoms with van der Waals surface area (Å²) in [7, 11) is 0. The summed E-state index contributed by atoms with van der Waals surface area (Å²) in [5.74, 6) is -0.654. The van der Waals surface area contributed by atoms with Gasteiger partial charge in [0.05, 0.1) is 11.1 Å². The van der Waals surface area contributed by atoms with Crippen LogP contribution in [-0.2, 0) is 4.79 Å². The highest BCUT2D eigenvalue weighted by molar-refractivity contribution is 6.36. The molecule has 1 amide bonds. The summed E-state index contributed by atoms with van der Waals surface area (Å²) in [5, 5.41) is 6.10. The van der Waals surface area contributed by atoms with E-state index in [1.165, 1.54) is 12.1 Å². The first kappa shape index (κ1) is 16.2. The Morgan fingerprint density at radius 3 is 2.58 bits per heavy atom. The van der Waals surface area contributed by atoms with Crippen LogP contribution in [0.25, 0.3) is 0 Å². The lowest BCUT2D eigenvalue weighted by atomic mass is 10.1. The van der Waals surface area contributed by atoms with E-state index in [4.69, 9.17) is 23.2 Å². The van der Waals surface area contributed by atoms with Gasteiger partial charge in [-0.15, -0.1) is 0 Å². The van der Waals surface area contributed by atoms with Crippen LogP contribution in [0, 0.1) is 5.82 Å². The van der Waals surface area contributed by atoms with E-state index < -0.39 is 11.9 Å². The molecule has 0 aliphatic rings. The van der Waals surface area contributed by atoms with Crippen molar-refractivity contribution in [1.29, 1.82) is 0 Å². The Bertz CT molecular complexity index is 468. The third-order valence-electron chi connectivity index (χ3n) is 2.76. The molecule has 0 aromatic heterocycles. The maximum atomic E-state index is 13.4. The molecule has 0 spiro atoms. The Hall–Kier alpha value is -0.840. The van der Waals surface area contributed by atoms with Crippen molar-refractivity contribution in [1.82, 2.24) is 10.6 Å². The van der Waals surface area contributed by atoms with Crippen LogP contribution >= 0.6 is 23.2 Å². The van der Waals surface area contributed by atoms with Gasteiger partial charge in [-0.3, -0.25) is 10.1 Å². The molecular weight excluding hydrogens is 290 g/mol. The molecule has 0 saturated heterocycles. The minimum absolute atomic E-state index is 0.0180. The van der Waals surface area contributed by atoms with Crippen molar-refractivity contribution < 1.29 is 9.18 Å². The number of carbonyl (C=O) groups is 1. The summed E-state index contributed by atoms with van der Waals surface area (Å²) in [6.07, 6.45) is 0. The number of hydrogen-bond acceptors (Lipinski definition) is 2. The van der Waals surface area contributed by atoms with E-state index in [0.29, 0.717) is 17.1 Å². The first-order chi connectivity index (χ1) is 8.88. The normalized spacial score (nSPS) is 14.0. The van der Waals surface area contributed by atoms with E-state index in [1.807, 2.05) is 6.92 Å². The zero-order valence-electron chi connectivity index (χ0n) is 11.1. The van der Waals surface area contributed by atoms with E-state index in [9.17, 15) is 9.18 Å². The Balaban J connectivity index is 2.87. The summed E-state index contributed by atoms with van der Waals surface area (Å²) >= 11 is 11.9. The standard InChI is InChI=1S/C13H17Cl2FN2O/c1-4-17-13(19)8(3)18-7(2)11-9(14)5-6-10(16)12(11)15/h5-8,18H,4H2,1-3H3,(H,17,19). The van der Waals surface area contributed by atoms with Crippen LogP contribution in [0.1, 0.15) is 32.4 Å². The fourth-order valence-corrected chi connectivity index (χ4v) is 2.50. The Morgan fingerprint density at radius 1 is 1.37 bits per heavy atom. The molecule has 6 heteroatoms. The van der Waals surface area contributed by atoms with Gasteiger partial charge in [0, 0.05) is 23.2 Å². The van der Waals surface area contributed by atoms with Gasteiger partial charge in [0.1, 0.15) is 5.82 Å². The predicted octanol–water partition coefficient (Wildman–Crippen LogP) is 3.31. The average Bonchev–Trinajstić information content (AvgIpc) is 2.34. The highest BCUT2D eigenvalue weighted by Crippen LogP contribution is 2.32. The van der Waals surface area contributed by atoms with Gasteiger partial charge in [-0.1, -0.05) is 23.2 Å². The maximum Gasteiger partial charge on any atom is 0.236 e. The van der Waals surface area contributed by atoms with E-state index >= 15 is 0 Å². The fraction of sp³-hybridized carbons (Fsp3) is 0.462. The molecule has 0 aliphatic heterocycles. The minimum Gasteiger partial charge on any atom is -0.355 e. The first-order valence-electron chi connectivity index (χ1n) is 6.05. The average molecular weight is 307 g/mol. The highest BCUT2D eigenvalue weighted by Gasteiger charge is 2.20. The predicted molar refractivity (Wildman–Crippen MR) is 76.1 cm³/mol. The lowest BCUT2D eigenvalue weighted by Crippen LogP contribution is -2.43. The first-order valence-corrected chi connectivity index (χ1v) is 6.81. The van der Waals surface area contributed by atoms with Crippen LogP contribution < -0.4 is 10.6 Å². The zero-order chi connectivity index (χ0) is 14.6. The fourth-order valence-electron chi connectivity index (χ4n) is 1.80. The highest BCUT2D eigenvalue weighted by atomic mass is 35.5. The summed E-state index contributed by atoms with van der Waals surface area (Å²) in [4.78, 5) is 11.6. The quantitative estimate of drug-likeness (QED) is 0.820. The van der Waals surface area contributed by atoms with Crippen molar-refractivity contribution in [3.8, 4) is 0 Å². The largest absolute Gasteiger partial charge is 0.355 e. The van der Waals surface area contributed by atoms with Gasteiger partial charge in [-0.05, 0) is 32.9 Å². The number of likely N-dealkylation sites (N-methyl/N-ethyl adjacent to an activating group) is 1. The van der Waals surface area contributed by atoms with E-state index in [0.717, 1.165) is 0 Å². The lowest BCUT2D eigenvalue weighted by molar-refractivity contribution is -0.122. The molecule has 0 radical (unpaired) electrons. The summed E-state index contributed by atoms with van der Waals surface area (Å²) in [5.41, 5.74) is 0.458. The Morgan fingerprint density at radius 2 is 2.00 bits per heavy atom. The molecule has 2 N–H and O–H groups in total. The number of carbonyl (C=O) groups excluding carboxylic acids is 1. The van der Waals surface area contributed by atoms with Gasteiger partial charge in [0.25, 0.3) is 0 Å². The topological polar surface area (TPSA) is 41.1 Å². The van der Waals surface area contributed by atoms with Crippen molar-refractivity contribution in [3.05, 3.63) is 33.6 Å². The summed E-state index contributed by atoms with van der Waals surface area (Å²) in [6.45, 7) is 5.90. The monoisotopic (exact) mass is 306 g/mol. The van der Waals surface area contributed by atoms with Crippen LogP contribution in [0.3, 0.4) is 0 Å². The molecule has 1 aromatic carbocycles. The number of nitrogens with one attached hydrogen (secondary N) is 2. The molecule has 2 unspecified atom stereocenters. The summed E-state index contributed by atoms with van der Waals surface area (Å²) < 4.78 is 13.4. The van der Waals surface area contributed by atoms with Crippen molar-refractivity contribution in [2.24, 2.45) is 0 Å². The summed E-state index contributed by atoms with van der Waals surface area (Å²) in [6, 6.07) is 1.90. The minimum atomic E-state index is -0.527. The molecule has 1 aromatic rings. The van der Waals surface area contributed by atoms with Gasteiger partial charge < -0.3 is 5.32 Å². The second-order valence-electron chi connectivity index (χ2n) is 4.26. The van der Waals surface area contributed by atoms with Crippen molar-refractivity contribution in [2.45, 2.75) is 32.9 Å². The van der Waals surface area contributed by atoms with Crippen molar-refractivity contribution in [2.75, 3.05) is 6.54 Å². The Kier molecular flexibility index (Phi) is 6.04. The number of benzene rings is 1. The molecule has 0 fully saturated rings. The SMILES string of the molecule is CCNC(=O)C(C)NC(C)c1c(Cl)ccc(F)c1Cl. The number of halogens is 3. The molecule has 0 bridgehead atoms. The van der Waals surface area contributed by atoms with Crippen molar-refractivity contribution >= 4 is 29.1 Å².